The number of aryl methyl sites for hydroxylation is 2. The number of Topliss-reactive ketones (excluding diaryl/α,β-unsaturated/α-hetero) is 1. The van der Waals surface area contributed by atoms with Gasteiger partial charge in [-0.2, -0.15) is 0 Å². The number of hydrogen-bond donors (Lipinski definition) is 1. The van der Waals surface area contributed by atoms with E-state index in [9.17, 15) is 4.79 Å². The van der Waals surface area contributed by atoms with Crippen molar-refractivity contribution in [1.29, 1.82) is 0 Å². The first-order chi connectivity index (χ1) is 13.1. The average Bonchev–Trinajstić information content (AvgIpc) is 3.32. The van der Waals surface area contributed by atoms with Gasteiger partial charge in [0, 0.05) is 61.1 Å². The van der Waals surface area contributed by atoms with Gasteiger partial charge in [0.1, 0.15) is 0 Å². The Morgan fingerprint density at radius 2 is 1.96 bits per heavy atom. The fourth-order valence-corrected chi connectivity index (χ4v) is 4.05. The zero-order valence-corrected chi connectivity index (χ0v) is 17.8. The summed E-state index contributed by atoms with van der Waals surface area (Å²) in [5.41, 5.74) is 4.59. The number of aromatic nitrogens is 2. The van der Waals surface area contributed by atoms with E-state index in [-0.39, 0.29) is 18.3 Å². The molecule has 5 nitrogen and oxygen atoms in total. The lowest BCUT2D eigenvalue weighted by molar-refractivity contribution is 0.0291. The number of hydrogen-bond acceptors (Lipinski definition) is 3. The Balaban J connectivity index is 0.000000298. The minimum atomic E-state index is 0. The van der Waals surface area contributed by atoms with Crippen LogP contribution in [0.2, 0.25) is 0 Å². The summed E-state index contributed by atoms with van der Waals surface area (Å²) < 4.78 is 7.27. The number of aromatic amines is 1. The zero-order valence-electron chi connectivity index (χ0n) is 16.9. The van der Waals surface area contributed by atoms with Crippen LogP contribution in [-0.4, -0.2) is 53.1 Å². The van der Waals surface area contributed by atoms with Gasteiger partial charge in [-0.05, 0) is 43.9 Å². The van der Waals surface area contributed by atoms with Gasteiger partial charge >= 0.3 is 0 Å². The molecule has 2 aromatic rings. The molecule has 1 aliphatic carbocycles. The van der Waals surface area contributed by atoms with Gasteiger partial charge in [0.2, 0.25) is 0 Å². The molecule has 0 spiro atoms. The van der Waals surface area contributed by atoms with Crippen LogP contribution in [-0.2, 0) is 17.6 Å². The SMILES string of the molecule is C=Cn1cccc1.CCc1c(C)[nH]c2c1C(=O)C(CN1CCOCC1)CC2.Cl. The number of nitrogens with zero attached hydrogens (tertiary/aromatic N) is 2. The molecule has 2 aliphatic rings. The number of nitrogens with one attached hydrogen (secondary N) is 1. The zero-order chi connectivity index (χ0) is 19.2. The van der Waals surface area contributed by atoms with E-state index in [1.165, 1.54) is 17.0 Å². The van der Waals surface area contributed by atoms with Crippen LogP contribution in [0.4, 0.5) is 0 Å². The van der Waals surface area contributed by atoms with Gasteiger partial charge in [-0.25, -0.2) is 0 Å². The van der Waals surface area contributed by atoms with Crippen LogP contribution < -0.4 is 0 Å². The lowest BCUT2D eigenvalue weighted by atomic mass is 9.83. The Bertz CT molecular complexity index is 761. The smallest absolute Gasteiger partial charge is 0.169 e. The Hall–Kier alpha value is -1.82. The molecule has 0 bridgehead atoms. The van der Waals surface area contributed by atoms with Crippen molar-refractivity contribution in [2.24, 2.45) is 5.92 Å². The van der Waals surface area contributed by atoms with E-state index in [0.29, 0.717) is 5.78 Å². The van der Waals surface area contributed by atoms with Crippen molar-refractivity contribution < 1.29 is 9.53 Å². The van der Waals surface area contributed by atoms with Crippen LogP contribution in [0.25, 0.3) is 6.20 Å². The van der Waals surface area contributed by atoms with Crippen LogP contribution in [0.3, 0.4) is 0 Å². The number of ether oxygens (including phenoxy) is 1. The molecule has 1 unspecified atom stereocenters. The molecule has 0 amide bonds. The van der Waals surface area contributed by atoms with Crippen LogP contribution in [0.15, 0.2) is 31.1 Å². The molecule has 0 aromatic carbocycles. The Morgan fingerprint density at radius 1 is 1.29 bits per heavy atom. The highest BCUT2D eigenvalue weighted by molar-refractivity contribution is 6.01. The van der Waals surface area contributed by atoms with Crippen molar-refractivity contribution in [3.63, 3.8) is 0 Å². The summed E-state index contributed by atoms with van der Waals surface area (Å²) >= 11 is 0. The van der Waals surface area contributed by atoms with Crippen molar-refractivity contribution in [3.8, 4) is 0 Å². The fraction of sp³-hybridized carbons (Fsp3) is 0.500. The van der Waals surface area contributed by atoms with Crippen LogP contribution in [0.5, 0.6) is 0 Å². The summed E-state index contributed by atoms with van der Waals surface area (Å²) in [5, 5.41) is 0. The summed E-state index contributed by atoms with van der Waals surface area (Å²) in [7, 11) is 0. The number of fused-ring (bicyclic) bond motifs is 1. The van der Waals surface area contributed by atoms with Gasteiger partial charge in [0.05, 0.1) is 13.2 Å². The van der Waals surface area contributed by atoms with E-state index in [1.807, 2.05) is 29.1 Å². The molecule has 1 fully saturated rings. The minimum Gasteiger partial charge on any atom is -0.379 e. The summed E-state index contributed by atoms with van der Waals surface area (Å²) in [5.74, 6) is 0.528. The molecule has 2 aromatic heterocycles. The third kappa shape index (κ3) is 5.16. The molecule has 0 radical (unpaired) electrons. The summed E-state index contributed by atoms with van der Waals surface area (Å²) in [6.45, 7) is 12.2. The number of rotatable bonds is 4. The topological polar surface area (TPSA) is 50.3 Å². The monoisotopic (exact) mass is 405 g/mol. The second-order valence-corrected chi connectivity index (χ2v) is 7.26. The highest BCUT2D eigenvalue weighted by Crippen LogP contribution is 2.30. The molecule has 28 heavy (non-hydrogen) atoms. The number of ketones is 1. The molecule has 1 saturated heterocycles. The third-order valence-electron chi connectivity index (χ3n) is 5.53. The summed E-state index contributed by atoms with van der Waals surface area (Å²) in [6.07, 6.45) is 8.55. The van der Waals surface area contributed by atoms with E-state index < -0.39 is 0 Å². The molecular weight excluding hydrogens is 374 g/mol. The molecule has 1 atom stereocenters. The highest BCUT2D eigenvalue weighted by atomic mass is 35.5. The minimum absolute atomic E-state index is 0. The maximum atomic E-state index is 12.8. The van der Waals surface area contributed by atoms with Crippen LogP contribution in [0.1, 0.15) is 40.7 Å². The van der Waals surface area contributed by atoms with Crippen LogP contribution in [0, 0.1) is 12.8 Å². The van der Waals surface area contributed by atoms with Gasteiger partial charge in [-0.15, -0.1) is 12.4 Å². The van der Waals surface area contributed by atoms with Gasteiger partial charge in [-0.1, -0.05) is 13.5 Å². The Morgan fingerprint density at radius 3 is 2.54 bits per heavy atom. The van der Waals surface area contributed by atoms with E-state index in [0.717, 1.165) is 57.7 Å². The van der Waals surface area contributed by atoms with Crippen LogP contribution >= 0.6 is 12.4 Å². The predicted octanol–water partition coefficient (Wildman–Crippen LogP) is 3.97. The molecule has 1 aliphatic heterocycles. The number of morpholine rings is 1. The van der Waals surface area contributed by atoms with Crippen molar-refractivity contribution in [2.45, 2.75) is 33.1 Å². The first-order valence-electron chi connectivity index (χ1n) is 9.93. The highest BCUT2D eigenvalue weighted by Gasteiger charge is 2.32. The molecule has 0 saturated carbocycles. The van der Waals surface area contributed by atoms with Crippen molar-refractivity contribution in [3.05, 3.63) is 53.6 Å². The second kappa shape index (κ2) is 10.6. The maximum Gasteiger partial charge on any atom is 0.169 e. The largest absolute Gasteiger partial charge is 0.379 e. The molecular formula is C22H32ClN3O2. The van der Waals surface area contributed by atoms with Crippen molar-refractivity contribution in [2.75, 3.05) is 32.8 Å². The normalized spacial score (nSPS) is 19.2. The lowest BCUT2D eigenvalue weighted by Crippen LogP contribution is -2.42. The van der Waals surface area contributed by atoms with E-state index in [4.69, 9.17) is 4.74 Å². The average molecular weight is 406 g/mol. The Kier molecular flexibility index (Phi) is 8.55. The maximum absolute atomic E-state index is 12.8. The molecule has 6 heteroatoms. The summed E-state index contributed by atoms with van der Waals surface area (Å²) in [6, 6.07) is 3.92. The standard InChI is InChI=1S/C16H24N2O2.C6H7N.ClH/c1-3-13-11(2)17-14-5-4-12(16(19)15(13)14)10-18-6-8-20-9-7-18;1-2-7-5-3-4-6-7;/h12,17H,3-10H2,1-2H3;2-6H,1H2;1H. The first kappa shape index (κ1) is 22.5. The van der Waals surface area contributed by atoms with Gasteiger partial charge in [0.25, 0.3) is 0 Å². The molecule has 4 rings (SSSR count). The molecule has 154 valence electrons. The molecule has 1 N–H and O–H groups in total. The third-order valence-corrected chi connectivity index (χ3v) is 5.53. The number of halogens is 1. The quantitative estimate of drug-likeness (QED) is 0.837. The summed E-state index contributed by atoms with van der Waals surface area (Å²) in [4.78, 5) is 18.6. The van der Waals surface area contributed by atoms with Gasteiger partial charge in [-0.3, -0.25) is 9.69 Å². The second-order valence-electron chi connectivity index (χ2n) is 7.26. The number of carbonyl (C=O) groups excluding carboxylic acids is 1. The first-order valence-corrected chi connectivity index (χ1v) is 9.93. The predicted molar refractivity (Wildman–Crippen MR) is 116 cm³/mol. The van der Waals surface area contributed by atoms with Gasteiger partial charge in [0.15, 0.2) is 5.78 Å². The van der Waals surface area contributed by atoms with Gasteiger partial charge < -0.3 is 14.3 Å². The van der Waals surface area contributed by atoms with Crippen molar-refractivity contribution in [1.82, 2.24) is 14.5 Å². The van der Waals surface area contributed by atoms with E-state index >= 15 is 0 Å². The molecule has 3 heterocycles. The van der Waals surface area contributed by atoms with E-state index in [1.54, 1.807) is 6.20 Å². The lowest BCUT2D eigenvalue weighted by Gasteiger charge is -2.31. The van der Waals surface area contributed by atoms with E-state index in [2.05, 4.69) is 30.3 Å². The number of H-pyrrole nitrogens is 1. The fourth-order valence-electron chi connectivity index (χ4n) is 4.05. The number of carbonyl (C=O) groups is 1. The van der Waals surface area contributed by atoms with Crippen molar-refractivity contribution >= 4 is 24.4 Å². The Labute approximate surface area is 174 Å².